The fourth-order valence-electron chi connectivity index (χ4n) is 2.54. The van der Waals surface area contributed by atoms with Crippen molar-refractivity contribution in [3.63, 3.8) is 0 Å². The van der Waals surface area contributed by atoms with Gasteiger partial charge in [-0.2, -0.15) is 0 Å². The van der Waals surface area contributed by atoms with Crippen molar-refractivity contribution in [2.45, 2.75) is 42.5 Å². The topological polar surface area (TPSA) is 60.2 Å². The van der Waals surface area contributed by atoms with E-state index in [4.69, 9.17) is 5.73 Å². The summed E-state index contributed by atoms with van der Waals surface area (Å²) in [6.07, 6.45) is 6.50. The van der Waals surface area contributed by atoms with Gasteiger partial charge in [0.15, 0.2) is 9.84 Å². The van der Waals surface area contributed by atoms with Crippen LogP contribution in [0.2, 0.25) is 0 Å². The highest BCUT2D eigenvalue weighted by Gasteiger charge is 2.30. The maximum atomic E-state index is 11.7. The van der Waals surface area contributed by atoms with E-state index < -0.39 is 9.84 Å². The highest BCUT2D eigenvalue weighted by molar-refractivity contribution is 9.10. The summed E-state index contributed by atoms with van der Waals surface area (Å²) in [6.45, 7) is 0. The first kappa shape index (κ1) is 14.0. The third-order valence-electron chi connectivity index (χ3n) is 3.62. The smallest absolute Gasteiger partial charge is 0.175 e. The van der Waals surface area contributed by atoms with Gasteiger partial charge in [0, 0.05) is 16.3 Å². The molecule has 0 saturated heterocycles. The number of sulfone groups is 1. The van der Waals surface area contributed by atoms with Gasteiger partial charge in [-0.05, 0) is 36.6 Å². The van der Waals surface area contributed by atoms with Crippen LogP contribution in [0.1, 0.15) is 37.7 Å². The molecule has 0 amide bonds. The summed E-state index contributed by atoms with van der Waals surface area (Å²) in [5.41, 5.74) is 7.00. The molecule has 100 valence electrons. The largest absolute Gasteiger partial charge is 0.321 e. The Morgan fingerprint density at radius 1 is 1.17 bits per heavy atom. The summed E-state index contributed by atoms with van der Waals surface area (Å²) in [7, 11) is -3.20. The molecule has 0 aromatic heterocycles. The summed E-state index contributed by atoms with van der Waals surface area (Å²) in [5.74, 6) is 0. The average Bonchev–Trinajstić information content (AvgIpc) is 2.28. The first-order valence-corrected chi connectivity index (χ1v) is 8.80. The lowest BCUT2D eigenvalue weighted by Gasteiger charge is -2.34. The summed E-state index contributed by atoms with van der Waals surface area (Å²) in [6, 6.07) is 5.30. The van der Waals surface area contributed by atoms with E-state index in [1.807, 2.05) is 6.07 Å². The molecule has 1 aromatic rings. The molecule has 0 aliphatic heterocycles. The number of hydrogen-bond donors (Lipinski definition) is 1. The van der Waals surface area contributed by atoms with Crippen molar-refractivity contribution in [1.29, 1.82) is 0 Å². The van der Waals surface area contributed by atoms with Crippen LogP contribution < -0.4 is 5.73 Å². The van der Waals surface area contributed by atoms with Crippen molar-refractivity contribution in [3.05, 3.63) is 28.2 Å². The third kappa shape index (κ3) is 2.95. The minimum absolute atomic E-state index is 0.335. The summed E-state index contributed by atoms with van der Waals surface area (Å²) in [5, 5.41) is 0. The molecule has 1 aromatic carbocycles. The van der Waals surface area contributed by atoms with Crippen LogP contribution in [0.15, 0.2) is 27.6 Å². The SMILES string of the molecule is CS(=O)(=O)c1cc(Br)cc(C2(N)CCCCC2)c1. The standard InChI is InChI=1S/C13H18BrNO2S/c1-18(16,17)12-8-10(7-11(14)9-12)13(15)5-3-2-4-6-13/h7-9H,2-6,15H2,1H3. The zero-order valence-corrected chi connectivity index (χ0v) is 12.9. The quantitative estimate of drug-likeness (QED) is 0.906. The molecule has 1 aliphatic carbocycles. The fraction of sp³-hybridized carbons (Fsp3) is 0.538. The molecular weight excluding hydrogens is 314 g/mol. The van der Waals surface area contributed by atoms with Crippen LogP contribution in [0, 0.1) is 0 Å². The number of nitrogens with two attached hydrogens (primary N) is 1. The number of benzene rings is 1. The van der Waals surface area contributed by atoms with Gasteiger partial charge < -0.3 is 5.73 Å². The molecule has 0 heterocycles. The van der Waals surface area contributed by atoms with Crippen LogP contribution in [-0.4, -0.2) is 14.7 Å². The molecule has 0 bridgehead atoms. The predicted molar refractivity (Wildman–Crippen MR) is 76.2 cm³/mol. The van der Waals surface area contributed by atoms with E-state index in [0.717, 1.165) is 35.7 Å². The third-order valence-corrected chi connectivity index (χ3v) is 5.17. The molecule has 3 nitrogen and oxygen atoms in total. The van der Waals surface area contributed by atoms with E-state index in [1.165, 1.54) is 12.7 Å². The molecular formula is C13H18BrNO2S. The van der Waals surface area contributed by atoms with E-state index in [1.54, 1.807) is 12.1 Å². The zero-order valence-electron chi connectivity index (χ0n) is 10.4. The van der Waals surface area contributed by atoms with Crippen LogP contribution in [0.4, 0.5) is 0 Å². The first-order valence-electron chi connectivity index (χ1n) is 6.11. The van der Waals surface area contributed by atoms with Gasteiger partial charge >= 0.3 is 0 Å². The molecule has 1 aliphatic rings. The normalized spacial score (nSPS) is 19.7. The first-order chi connectivity index (χ1) is 8.31. The molecule has 5 heteroatoms. The Kier molecular flexibility index (Phi) is 3.85. The van der Waals surface area contributed by atoms with Crippen LogP contribution in [-0.2, 0) is 15.4 Å². The van der Waals surface area contributed by atoms with Gasteiger partial charge in [-0.3, -0.25) is 0 Å². The lowest BCUT2D eigenvalue weighted by atomic mass is 9.77. The zero-order chi connectivity index (χ0) is 13.4. The van der Waals surface area contributed by atoms with E-state index in [-0.39, 0.29) is 5.54 Å². The van der Waals surface area contributed by atoms with E-state index in [9.17, 15) is 8.42 Å². The van der Waals surface area contributed by atoms with Crippen LogP contribution in [0.3, 0.4) is 0 Å². The summed E-state index contributed by atoms with van der Waals surface area (Å²) < 4.78 is 24.1. The van der Waals surface area contributed by atoms with Crippen molar-refractivity contribution >= 4 is 25.8 Å². The van der Waals surface area contributed by atoms with Gasteiger partial charge in [0.05, 0.1) is 4.90 Å². The molecule has 0 atom stereocenters. The Morgan fingerprint density at radius 2 is 1.78 bits per heavy atom. The molecule has 0 spiro atoms. The van der Waals surface area contributed by atoms with Crippen molar-refractivity contribution in [2.75, 3.05) is 6.26 Å². The van der Waals surface area contributed by atoms with Gasteiger partial charge in [-0.1, -0.05) is 35.2 Å². The Hall–Kier alpha value is -0.390. The highest BCUT2D eigenvalue weighted by atomic mass is 79.9. The van der Waals surface area contributed by atoms with E-state index >= 15 is 0 Å². The molecule has 1 saturated carbocycles. The van der Waals surface area contributed by atoms with Gasteiger partial charge in [-0.25, -0.2) is 8.42 Å². The number of rotatable bonds is 2. The van der Waals surface area contributed by atoms with Crippen LogP contribution in [0.5, 0.6) is 0 Å². The van der Waals surface area contributed by atoms with Crippen molar-refractivity contribution in [1.82, 2.24) is 0 Å². The lowest BCUT2D eigenvalue weighted by molar-refractivity contribution is 0.302. The second-order valence-electron chi connectivity index (χ2n) is 5.16. The minimum atomic E-state index is -3.20. The Balaban J connectivity index is 2.48. The van der Waals surface area contributed by atoms with Crippen LogP contribution >= 0.6 is 15.9 Å². The molecule has 18 heavy (non-hydrogen) atoms. The van der Waals surface area contributed by atoms with Crippen molar-refractivity contribution in [2.24, 2.45) is 5.73 Å². The van der Waals surface area contributed by atoms with Gasteiger partial charge in [0.25, 0.3) is 0 Å². The Morgan fingerprint density at radius 3 is 2.33 bits per heavy atom. The molecule has 0 unspecified atom stereocenters. The fourth-order valence-corrected chi connectivity index (χ4v) is 3.86. The van der Waals surface area contributed by atoms with Crippen LogP contribution in [0.25, 0.3) is 0 Å². The van der Waals surface area contributed by atoms with Gasteiger partial charge in [0.2, 0.25) is 0 Å². The maximum absolute atomic E-state index is 11.7. The predicted octanol–water partition coefficient (Wildman–Crippen LogP) is 2.97. The maximum Gasteiger partial charge on any atom is 0.175 e. The van der Waals surface area contributed by atoms with Gasteiger partial charge in [-0.15, -0.1) is 0 Å². The average molecular weight is 332 g/mol. The minimum Gasteiger partial charge on any atom is -0.321 e. The molecule has 2 N–H and O–H groups in total. The molecule has 2 rings (SSSR count). The van der Waals surface area contributed by atoms with E-state index in [2.05, 4.69) is 15.9 Å². The monoisotopic (exact) mass is 331 g/mol. The highest BCUT2D eigenvalue weighted by Crippen LogP contribution is 2.36. The Bertz CT molecular complexity index is 548. The Labute approximate surface area is 117 Å². The number of halogens is 1. The van der Waals surface area contributed by atoms with Crippen molar-refractivity contribution in [3.8, 4) is 0 Å². The summed E-state index contributed by atoms with van der Waals surface area (Å²) >= 11 is 3.38. The van der Waals surface area contributed by atoms with Crippen molar-refractivity contribution < 1.29 is 8.42 Å². The second kappa shape index (κ2) is 4.94. The number of hydrogen-bond acceptors (Lipinski definition) is 3. The van der Waals surface area contributed by atoms with Gasteiger partial charge in [0.1, 0.15) is 0 Å². The lowest BCUT2D eigenvalue weighted by Crippen LogP contribution is -2.38. The second-order valence-corrected chi connectivity index (χ2v) is 8.10. The molecule has 1 fully saturated rings. The molecule has 0 radical (unpaired) electrons. The summed E-state index contributed by atoms with van der Waals surface area (Å²) in [4.78, 5) is 0.335. The van der Waals surface area contributed by atoms with E-state index in [0.29, 0.717) is 4.90 Å².